The van der Waals surface area contributed by atoms with E-state index in [1.165, 1.54) is 4.90 Å². The molecule has 0 unspecified atom stereocenters. The molecule has 56 heavy (non-hydrogen) atoms. The number of nitrogens with one attached hydrogen (secondary N) is 3. The first-order valence-corrected chi connectivity index (χ1v) is 21.7. The molecule has 3 N–H and O–H groups in total. The fourth-order valence-corrected chi connectivity index (χ4v) is 10.1. The number of hydrogen-bond donors (Lipinski definition) is 3. The Bertz CT molecular complexity index is 2080. The number of sulfonamides is 1. The number of carbonyl (C=O) groups is 4. The minimum Gasteiger partial charge on any atom is -0.497 e. The summed E-state index contributed by atoms with van der Waals surface area (Å²) in [6.45, 7) is 3.83. The predicted molar refractivity (Wildman–Crippen MR) is 206 cm³/mol. The van der Waals surface area contributed by atoms with Crippen LogP contribution in [0.4, 0.5) is 4.79 Å². The number of allylic oxidation sites excluding steroid dienone is 1. The molecule has 14 nitrogen and oxygen atoms in total. The number of aromatic nitrogens is 1. The van der Waals surface area contributed by atoms with E-state index in [0.717, 1.165) is 48.6 Å². The Hall–Kier alpha value is -4.40. The third-order valence-electron chi connectivity index (χ3n) is 13.1. The summed E-state index contributed by atoms with van der Waals surface area (Å²) in [5.74, 6) is -0.592. The van der Waals surface area contributed by atoms with Gasteiger partial charge in [0, 0.05) is 23.3 Å². The normalized spacial score (nSPS) is 30.6. The summed E-state index contributed by atoms with van der Waals surface area (Å²) >= 11 is 0. The Morgan fingerprint density at radius 3 is 2.61 bits per heavy atom. The number of aryl methyl sites for hydroxylation is 2. The van der Waals surface area contributed by atoms with E-state index in [-0.39, 0.29) is 26.0 Å². The van der Waals surface area contributed by atoms with Crippen molar-refractivity contribution in [1.82, 2.24) is 25.2 Å². The molecule has 1 aromatic heterocycles. The number of hydrogen-bond acceptors (Lipinski definition) is 10. The van der Waals surface area contributed by atoms with E-state index in [9.17, 15) is 27.6 Å². The van der Waals surface area contributed by atoms with Crippen molar-refractivity contribution in [3.63, 3.8) is 0 Å². The number of methoxy groups -OCH3 is 1. The van der Waals surface area contributed by atoms with Crippen LogP contribution in [0, 0.1) is 18.8 Å². The van der Waals surface area contributed by atoms with Gasteiger partial charge in [-0.15, -0.1) is 0 Å². The maximum atomic E-state index is 14.8. The molecule has 4 fully saturated rings. The van der Waals surface area contributed by atoms with Crippen molar-refractivity contribution in [2.24, 2.45) is 11.8 Å². The minimum absolute atomic E-state index is 0.0590. The second-order valence-corrected chi connectivity index (χ2v) is 19.4. The third kappa shape index (κ3) is 7.20. The molecule has 3 aliphatic carbocycles. The first-order chi connectivity index (χ1) is 26.8. The second-order valence-electron chi connectivity index (χ2n) is 17.2. The molecule has 1 aromatic carbocycles. The van der Waals surface area contributed by atoms with E-state index < -0.39 is 67.7 Å². The lowest BCUT2D eigenvalue weighted by molar-refractivity contribution is -0.141. The Kier molecular flexibility index (Phi) is 9.97. The highest BCUT2D eigenvalue weighted by atomic mass is 32.2. The molecule has 8 rings (SSSR count). The van der Waals surface area contributed by atoms with Gasteiger partial charge in [-0.05, 0) is 102 Å². The van der Waals surface area contributed by atoms with Gasteiger partial charge in [0.25, 0.3) is 5.91 Å². The highest BCUT2D eigenvalue weighted by Crippen LogP contribution is 2.49. The van der Waals surface area contributed by atoms with Crippen LogP contribution in [0.15, 0.2) is 30.4 Å². The van der Waals surface area contributed by atoms with Gasteiger partial charge < -0.3 is 29.7 Å². The summed E-state index contributed by atoms with van der Waals surface area (Å²) in [5, 5.41) is 6.70. The third-order valence-corrected chi connectivity index (χ3v) is 15.3. The number of ether oxygens (including phenoxy) is 3. The van der Waals surface area contributed by atoms with Gasteiger partial charge in [-0.1, -0.05) is 31.4 Å². The van der Waals surface area contributed by atoms with Crippen molar-refractivity contribution in [1.29, 1.82) is 0 Å². The lowest BCUT2D eigenvalue weighted by atomic mass is 9.86. The molecule has 3 aliphatic heterocycles. The Morgan fingerprint density at radius 1 is 1.07 bits per heavy atom. The van der Waals surface area contributed by atoms with Crippen LogP contribution in [0.5, 0.6) is 11.5 Å². The van der Waals surface area contributed by atoms with Gasteiger partial charge >= 0.3 is 6.09 Å². The van der Waals surface area contributed by atoms with Gasteiger partial charge in [-0.3, -0.25) is 19.1 Å². The number of fused-ring (bicyclic) bond motifs is 5. The van der Waals surface area contributed by atoms with Crippen LogP contribution in [0.1, 0.15) is 102 Å². The van der Waals surface area contributed by atoms with Crippen LogP contribution in [0.25, 0.3) is 10.9 Å². The molecular weight excluding hydrogens is 739 g/mol. The number of amides is 4. The van der Waals surface area contributed by atoms with Gasteiger partial charge in [0.05, 0.1) is 36.2 Å². The Balaban J connectivity index is 1.12. The van der Waals surface area contributed by atoms with E-state index in [1.807, 2.05) is 37.3 Å². The fourth-order valence-electron chi connectivity index (χ4n) is 8.83. The molecule has 0 bridgehead atoms. The topological polar surface area (TPSA) is 182 Å². The van der Waals surface area contributed by atoms with E-state index in [2.05, 4.69) is 15.4 Å². The van der Waals surface area contributed by atoms with Crippen molar-refractivity contribution < 1.29 is 41.8 Å². The summed E-state index contributed by atoms with van der Waals surface area (Å²) in [4.78, 5) is 62.8. The molecule has 3 saturated carbocycles. The van der Waals surface area contributed by atoms with E-state index in [4.69, 9.17) is 19.2 Å². The molecule has 2 aromatic rings. The zero-order valence-corrected chi connectivity index (χ0v) is 33.3. The van der Waals surface area contributed by atoms with Gasteiger partial charge in [0.2, 0.25) is 21.8 Å². The van der Waals surface area contributed by atoms with Crippen LogP contribution in [0.3, 0.4) is 0 Å². The van der Waals surface area contributed by atoms with E-state index >= 15 is 0 Å². The molecule has 1 spiro atoms. The summed E-state index contributed by atoms with van der Waals surface area (Å²) < 4.78 is 45.7. The largest absolute Gasteiger partial charge is 0.497 e. The molecule has 0 radical (unpaired) electrons. The van der Waals surface area contributed by atoms with Crippen molar-refractivity contribution in [3.05, 3.63) is 41.6 Å². The monoisotopic (exact) mass is 791 g/mol. The van der Waals surface area contributed by atoms with Gasteiger partial charge in [-0.2, -0.15) is 0 Å². The predicted octanol–water partition coefficient (Wildman–Crippen LogP) is 4.51. The van der Waals surface area contributed by atoms with Crippen LogP contribution < -0.4 is 24.8 Å². The number of carbonyl (C=O) groups excluding carboxylic acids is 4. The highest BCUT2D eigenvalue weighted by molar-refractivity contribution is 7.91. The van der Waals surface area contributed by atoms with Crippen molar-refractivity contribution in [3.8, 4) is 11.5 Å². The smallest absolute Gasteiger partial charge is 0.407 e. The van der Waals surface area contributed by atoms with Crippen molar-refractivity contribution >= 4 is 44.7 Å². The quantitative estimate of drug-likeness (QED) is 0.338. The average molecular weight is 792 g/mol. The highest BCUT2D eigenvalue weighted by Gasteiger charge is 2.64. The number of benzene rings is 1. The summed E-state index contributed by atoms with van der Waals surface area (Å²) in [6.07, 6.45) is 11.9. The average Bonchev–Trinajstić information content (AvgIpc) is 4.04. The summed E-state index contributed by atoms with van der Waals surface area (Å²) in [6, 6.07) is 3.67. The van der Waals surface area contributed by atoms with Gasteiger partial charge in [0.15, 0.2) is 0 Å². The number of nitrogens with zero attached hydrogens (tertiary/aromatic N) is 2. The zero-order chi connectivity index (χ0) is 39.5. The molecule has 4 heterocycles. The molecular formula is C41H53N5O9S. The number of pyridine rings is 1. The molecule has 15 heteroatoms. The van der Waals surface area contributed by atoms with Gasteiger partial charge in [0.1, 0.15) is 34.7 Å². The SMILES string of the molecule is COc1ccc2nc(C)c3c(c2c1)CC[C@]1(C[C@H]2C(=O)N[C@]4(C(=O)NS(=O)(=O)C5(C)CC5)C[C@H]4/C=C\CCCCC[C@H](NC(=O)OCC4CCC4)C(=O)N2C1)O3. The van der Waals surface area contributed by atoms with Crippen LogP contribution in [-0.4, -0.2) is 90.3 Å². The second kappa shape index (κ2) is 14.5. The first-order valence-electron chi connectivity index (χ1n) is 20.2. The fraction of sp³-hybridized carbons (Fsp3) is 0.634. The van der Waals surface area contributed by atoms with Crippen LogP contribution in [0.2, 0.25) is 0 Å². The van der Waals surface area contributed by atoms with Gasteiger partial charge in [-0.25, -0.2) is 18.2 Å². The standard InChI is InChI=1S/C41H53N5O9S/c1-25-34-29(30-20-28(53-3)14-15-31(30)42-25)16-17-40(55-34)22-33-35(47)44-41(37(49)45-56(51,52)39(2)18-19-39)21-27(41)12-7-5-4-6-8-13-32(36(48)46(33)24-40)43-38(50)54-23-26-10-9-11-26/h7,12,14-15,20,26-27,32-33H,4-6,8-11,13,16-19,21-24H2,1-3H3,(H,43,50)(H,44,47)(H,45,49)/b12-7-/t27-,32+,33+,40-,41-/m1/s1. The van der Waals surface area contributed by atoms with Crippen molar-refractivity contribution in [2.75, 3.05) is 20.3 Å². The van der Waals surface area contributed by atoms with E-state index in [0.29, 0.717) is 68.1 Å². The van der Waals surface area contributed by atoms with Crippen LogP contribution >= 0.6 is 0 Å². The zero-order valence-electron chi connectivity index (χ0n) is 32.5. The molecule has 302 valence electrons. The Labute approximate surface area is 327 Å². The first kappa shape index (κ1) is 38.5. The maximum absolute atomic E-state index is 14.8. The maximum Gasteiger partial charge on any atom is 0.407 e. The Morgan fingerprint density at radius 2 is 1.88 bits per heavy atom. The molecule has 4 amide bonds. The number of rotatable bonds is 7. The van der Waals surface area contributed by atoms with E-state index in [1.54, 1.807) is 14.0 Å². The molecule has 1 saturated heterocycles. The minimum atomic E-state index is -3.98. The number of alkyl carbamates (subject to hydrolysis) is 1. The lowest BCUT2D eigenvalue weighted by Crippen LogP contribution is -2.58. The molecule has 6 aliphatic rings. The summed E-state index contributed by atoms with van der Waals surface area (Å²) in [5.41, 5.74) is -0.0214. The molecule has 5 atom stereocenters. The van der Waals surface area contributed by atoms with Crippen molar-refractivity contribution in [2.45, 2.75) is 132 Å². The lowest BCUT2D eigenvalue weighted by Gasteiger charge is -2.36. The van der Waals surface area contributed by atoms with Crippen LogP contribution in [-0.2, 0) is 35.6 Å². The summed E-state index contributed by atoms with van der Waals surface area (Å²) in [7, 11) is -2.37.